The summed E-state index contributed by atoms with van der Waals surface area (Å²) in [6.07, 6.45) is 0. The Morgan fingerprint density at radius 3 is 2.89 bits per heavy atom. The summed E-state index contributed by atoms with van der Waals surface area (Å²) in [6, 6.07) is 5.80. The summed E-state index contributed by atoms with van der Waals surface area (Å²) in [5.41, 5.74) is 1.72. The van der Waals surface area contributed by atoms with Gasteiger partial charge in [0.05, 0.1) is 5.92 Å². The molecule has 0 aromatic carbocycles. The van der Waals surface area contributed by atoms with E-state index in [0.717, 1.165) is 24.5 Å². The summed E-state index contributed by atoms with van der Waals surface area (Å²) in [7, 11) is 0. The Kier molecular flexibility index (Phi) is 2.83. The first-order chi connectivity index (χ1) is 8.74. The molecule has 1 N–H and O–H groups in total. The minimum Gasteiger partial charge on any atom is -0.339 e. The average molecular weight is 244 g/mol. The molecule has 18 heavy (non-hydrogen) atoms. The Morgan fingerprint density at radius 2 is 2.17 bits per heavy atom. The van der Waals surface area contributed by atoms with Crippen LogP contribution in [-0.2, 0) is 0 Å². The molecular weight excluding hydrogens is 228 g/mol. The highest BCUT2D eigenvalue weighted by molar-refractivity contribution is 5.48. The lowest BCUT2D eigenvalue weighted by Crippen LogP contribution is -2.08. The van der Waals surface area contributed by atoms with Crippen LogP contribution < -0.4 is 5.32 Å². The summed E-state index contributed by atoms with van der Waals surface area (Å²) >= 11 is 0. The van der Waals surface area contributed by atoms with Crippen LogP contribution in [0.4, 0.5) is 0 Å². The molecule has 0 radical (unpaired) electrons. The largest absolute Gasteiger partial charge is 0.339 e. The van der Waals surface area contributed by atoms with Crippen LogP contribution in [0.25, 0.3) is 11.5 Å². The summed E-state index contributed by atoms with van der Waals surface area (Å²) < 4.78 is 5.37. The average Bonchev–Trinajstić information content (AvgIpc) is 2.97. The van der Waals surface area contributed by atoms with E-state index in [1.165, 1.54) is 0 Å². The fraction of sp³-hybridized carbons (Fsp3) is 0.462. The van der Waals surface area contributed by atoms with Crippen molar-refractivity contribution in [1.29, 1.82) is 0 Å². The first-order valence-corrected chi connectivity index (χ1v) is 6.22. The summed E-state index contributed by atoms with van der Waals surface area (Å²) in [4.78, 5) is 8.88. The maximum atomic E-state index is 5.37. The smallest absolute Gasteiger partial charge is 0.231 e. The molecule has 0 spiro atoms. The molecule has 5 nitrogen and oxygen atoms in total. The Bertz CT molecular complexity index is 551. The van der Waals surface area contributed by atoms with Crippen LogP contribution >= 0.6 is 0 Å². The third kappa shape index (κ3) is 2.01. The number of aryl methyl sites for hydroxylation is 1. The van der Waals surface area contributed by atoms with Gasteiger partial charge in [0, 0.05) is 12.2 Å². The highest BCUT2D eigenvalue weighted by Crippen LogP contribution is 2.27. The van der Waals surface area contributed by atoms with Gasteiger partial charge in [0.25, 0.3) is 0 Å². The van der Waals surface area contributed by atoms with Gasteiger partial charge >= 0.3 is 0 Å². The fourth-order valence-corrected chi connectivity index (χ4v) is 2.30. The van der Waals surface area contributed by atoms with E-state index in [1.54, 1.807) is 0 Å². The molecule has 2 unspecified atom stereocenters. The van der Waals surface area contributed by atoms with E-state index in [4.69, 9.17) is 4.52 Å². The lowest BCUT2D eigenvalue weighted by molar-refractivity contribution is 0.340. The molecule has 0 amide bonds. The first kappa shape index (κ1) is 11.3. The van der Waals surface area contributed by atoms with Crippen molar-refractivity contribution in [2.24, 2.45) is 5.92 Å². The van der Waals surface area contributed by atoms with Gasteiger partial charge in [-0.05, 0) is 31.5 Å². The Labute approximate surface area is 106 Å². The first-order valence-electron chi connectivity index (χ1n) is 6.22. The molecule has 5 heteroatoms. The van der Waals surface area contributed by atoms with E-state index in [9.17, 15) is 0 Å². The summed E-state index contributed by atoms with van der Waals surface area (Å²) in [6.45, 7) is 6.06. The van der Waals surface area contributed by atoms with Crippen LogP contribution in [0, 0.1) is 12.8 Å². The van der Waals surface area contributed by atoms with E-state index in [1.807, 2.05) is 25.1 Å². The second-order valence-electron chi connectivity index (χ2n) is 4.86. The van der Waals surface area contributed by atoms with Crippen LogP contribution in [0.5, 0.6) is 0 Å². The highest BCUT2D eigenvalue weighted by atomic mass is 16.5. The Balaban J connectivity index is 1.89. The van der Waals surface area contributed by atoms with Gasteiger partial charge in [-0.1, -0.05) is 18.1 Å². The van der Waals surface area contributed by atoms with Gasteiger partial charge < -0.3 is 9.84 Å². The molecule has 1 aliphatic rings. The van der Waals surface area contributed by atoms with Crippen LogP contribution in [0.15, 0.2) is 22.7 Å². The molecule has 2 aromatic heterocycles. The Morgan fingerprint density at radius 1 is 1.28 bits per heavy atom. The number of hydrogen-bond donors (Lipinski definition) is 1. The van der Waals surface area contributed by atoms with E-state index in [2.05, 4.69) is 27.4 Å². The van der Waals surface area contributed by atoms with Crippen molar-refractivity contribution in [2.45, 2.75) is 19.8 Å². The van der Waals surface area contributed by atoms with Crippen molar-refractivity contribution in [3.05, 3.63) is 29.8 Å². The molecule has 2 aromatic rings. The number of rotatable bonds is 2. The minimum atomic E-state index is 0.316. The van der Waals surface area contributed by atoms with E-state index < -0.39 is 0 Å². The molecular formula is C13H16N4O. The van der Waals surface area contributed by atoms with Gasteiger partial charge in [-0.15, -0.1) is 0 Å². The van der Waals surface area contributed by atoms with Crippen LogP contribution in [-0.4, -0.2) is 28.2 Å². The van der Waals surface area contributed by atoms with Gasteiger partial charge in [0.2, 0.25) is 11.7 Å². The van der Waals surface area contributed by atoms with Gasteiger partial charge in [-0.2, -0.15) is 4.98 Å². The molecule has 0 saturated carbocycles. The van der Waals surface area contributed by atoms with E-state index in [-0.39, 0.29) is 0 Å². The molecule has 1 aliphatic heterocycles. The molecule has 3 rings (SSSR count). The van der Waals surface area contributed by atoms with Crippen molar-refractivity contribution < 1.29 is 4.52 Å². The molecule has 0 aliphatic carbocycles. The molecule has 3 heterocycles. The molecule has 0 bridgehead atoms. The van der Waals surface area contributed by atoms with Crippen LogP contribution in [0.1, 0.15) is 24.4 Å². The van der Waals surface area contributed by atoms with Crippen molar-refractivity contribution in [3.63, 3.8) is 0 Å². The topological polar surface area (TPSA) is 63.8 Å². The third-order valence-electron chi connectivity index (χ3n) is 3.39. The predicted molar refractivity (Wildman–Crippen MR) is 67.0 cm³/mol. The SMILES string of the molecule is Cc1cccc(-c2noc(C3CNCC3C)n2)n1. The van der Waals surface area contributed by atoms with Gasteiger partial charge in [-0.25, -0.2) is 4.98 Å². The molecule has 1 saturated heterocycles. The quantitative estimate of drug-likeness (QED) is 0.872. The van der Waals surface area contributed by atoms with Crippen LogP contribution in [0.3, 0.4) is 0 Å². The summed E-state index contributed by atoms with van der Waals surface area (Å²) in [5.74, 6) is 2.14. The second-order valence-corrected chi connectivity index (χ2v) is 4.86. The number of aromatic nitrogens is 3. The summed E-state index contributed by atoms with van der Waals surface area (Å²) in [5, 5.41) is 7.37. The second kappa shape index (κ2) is 4.49. The maximum absolute atomic E-state index is 5.37. The van der Waals surface area contributed by atoms with Gasteiger partial charge in [0.1, 0.15) is 5.69 Å². The number of nitrogens with one attached hydrogen (secondary N) is 1. The molecule has 94 valence electrons. The zero-order valence-electron chi connectivity index (χ0n) is 10.6. The van der Waals surface area contributed by atoms with Crippen molar-refractivity contribution in [1.82, 2.24) is 20.4 Å². The minimum absolute atomic E-state index is 0.316. The maximum Gasteiger partial charge on any atom is 0.231 e. The van der Waals surface area contributed by atoms with E-state index >= 15 is 0 Å². The van der Waals surface area contributed by atoms with Crippen molar-refractivity contribution in [3.8, 4) is 11.5 Å². The molecule has 1 fully saturated rings. The standard InChI is InChI=1S/C13H16N4O/c1-8-6-14-7-10(8)13-16-12(17-18-13)11-5-3-4-9(2)15-11/h3-5,8,10,14H,6-7H2,1-2H3. The van der Waals surface area contributed by atoms with Gasteiger partial charge in [0.15, 0.2) is 0 Å². The monoisotopic (exact) mass is 244 g/mol. The number of pyridine rings is 1. The lowest BCUT2D eigenvalue weighted by atomic mass is 9.98. The predicted octanol–water partition coefficient (Wildman–Crippen LogP) is 1.76. The molecule has 2 atom stereocenters. The zero-order chi connectivity index (χ0) is 12.5. The number of nitrogens with zero attached hydrogens (tertiary/aromatic N) is 3. The number of hydrogen-bond acceptors (Lipinski definition) is 5. The highest BCUT2D eigenvalue weighted by Gasteiger charge is 2.29. The fourth-order valence-electron chi connectivity index (χ4n) is 2.30. The normalized spacial score (nSPS) is 23.4. The van der Waals surface area contributed by atoms with Crippen LogP contribution in [0.2, 0.25) is 0 Å². The lowest BCUT2D eigenvalue weighted by Gasteiger charge is -2.07. The third-order valence-corrected chi connectivity index (χ3v) is 3.39. The van der Waals surface area contributed by atoms with E-state index in [0.29, 0.717) is 23.6 Å². The van der Waals surface area contributed by atoms with Crippen molar-refractivity contribution in [2.75, 3.05) is 13.1 Å². The van der Waals surface area contributed by atoms with Gasteiger partial charge in [-0.3, -0.25) is 0 Å². The Hall–Kier alpha value is -1.75. The van der Waals surface area contributed by atoms with Crippen molar-refractivity contribution >= 4 is 0 Å². The zero-order valence-corrected chi connectivity index (χ0v) is 10.6.